The third kappa shape index (κ3) is 12.2. The Kier molecular flexibility index (Phi) is 19.1. The molecule has 2 rings (SSSR count). The molecule has 0 radical (unpaired) electrons. The van der Waals surface area contributed by atoms with Gasteiger partial charge in [0, 0.05) is 6.16 Å². The molecule has 0 heterocycles. The number of benzene rings is 2. The summed E-state index contributed by atoms with van der Waals surface area (Å²) in [7, 11) is 6.31. The first kappa shape index (κ1) is 37.3. The summed E-state index contributed by atoms with van der Waals surface area (Å²) in [6.07, 6.45) is 19.0. The molecule has 0 bridgehead atoms. The molecule has 2 aromatic carbocycles. The Morgan fingerprint density at radius 2 is 0.818 bits per heavy atom. The van der Waals surface area contributed by atoms with Crippen LogP contribution < -0.4 is 18.9 Å². The molecule has 0 aliphatic rings. The predicted molar refractivity (Wildman–Crippen MR) is 178 cm³/mol. The molecule has 7 nitrogen and oxygen atoms in total. The number of methoxy groups -OCH3 is 4. The SMILES string of the molecule is COc1cccc(OC)c1C(=O)C(CCCCCCCCCCCCCCCCCP=O)C(=O)c1c(OC)cccc1OC. The zero-order chi connectivity index (χ0) is 32.0. The van der Waals surface area contributed by atoms with Crippen LogP contribution in [0.1, 0.15) is 123 Å². The summed E-state index contributed by atoms with van der Waals surface area (Å²) in [6, 6.07) is 10.4. The van der Waals surface area contributed by atoms with Crippen molar-refractivity contribution < 1.29 is 33.1 Å². The van der Waals surface area contributed by atoms with E-state index in [1.54, 1.807) is 36.4 Å². The summed E-state index contributed by atoms with van der Waals surface area (Å²) in [5.41, 5.74) is 0.556. The van der Waals surface area contributed by atoms with Crippen LogP contribution in [0, 0.1) is 5.92 Å². The van der Waals surface area contributed by atoms with E-state index in [2.05, 4.69) is 0 Å². The Morgan fingerprint density at radius 3 is 1.11 bits per heavy atom. The van der Waals surface area contributed by atoms with E-state index in [0.29, 0.717) is 29.4 Å². The van der Waals surface area contributed by atoms with Crippen molar-refractivity contribution in [2.45, 2.75) is 103 Å². The highest BCUT2D eigenvalue weighted by molar-refractivity contribution is 7.23. The van der Waals surface area contributed by atoms with Crippen molar-refractivity contribution in [1.29, 1.82) is 0 Å². The molecule has 244 valence electrons. The molecule has 0 N–H and O–H groups in total. The van der Waals surface area contributed by atoms with Gasteiger partial charge in [-0.15, -0.1) is 0 Å². The van der Waals surface area contributed by atoms with E-state index in [1.807, 2.05) is 0 Å². The highest BCUT2D eigenvalue weighted by atomic mass is 31.1. The molecule has 0 aliphatic heterocycles. The molecule has 0 aromatic heterocycles. The van der Waals surface area contributed by atoms with Gasteiger partial charge in [0.05, 0.1) is 34.4 Å². The largest absolute Gasteiger partial charge is 0.496 e. The van der Waals surface area contributed by atoms with Gasteiger partial charge in [0.2, 0.25) is 0 Å². The summed E-state index contributed by atoms with van der Waals surface area (Å²) < 4.78 is 32.5. The molecule has 0 amide bonds. The van der Waals surface area contributed by atoms with Crippen molar-refractivity contribution >= 4 is 20.0 Å². The van der Waals surface area contributed by atoms with Crippen LogP contribution in [-0.4, -0.2) is 46.2 Å². The number of Topliss-reactive ketones (excluding diaryl/α,β-unsaturated/α-hetero) is 2. The highest BCUT2D eigenvalue weighted by Gasteiger charge is 2.35. The summed E-state index contributed by atoms with van der Waals surface area (Å²) >= 11 is 0. The van der Waals surface area contributed by atoms with Gasteiger partial charge in [-0.05, 0) is 37.1 Å². The second kappa shape index (κ2) is 22.6. The smallest absolute Gasteiger partial charge is 0.181 e. The fourth-order valence-electron chi connectivity index (χ4n) is 5.74. The zero-order valence-electron chi connectivity index (χ0n) is 27.4. The van der Waals surface area contributed by atoms with Crippen molar-refractivity contribution in [3.05, 3.63) is 47.5 Å². The van der Waals surface area contributed by atoms with E-state index in [9.17, 15) is 14.2 Å². The van der Waals surface area contributed by atoms with E-state index in [-0.39, 0.29) is 31.2 Å². The molecule has 0 fully saturated rings. The Hall–Kier alpha value is -2.92. The Morgan fingerprint density at radius 1 is 0.523 bits per heavy atom. The molecule has 0 atom stereocenters. The lowest BCUT2D eigenvalue weighted by molar-refractivity contribution is 0.0790. The van der Waals surface area contributed by atoms with E-state index in [0.717, 1.165) is 38.3 Å². The normalized spacial score (nSPS) is 11.1. The lowest BCUT2D eigenvalue weighted by Crippen LogP contribution is -2.26. The van der Waals surface area contributed by atoms with Gasteiger partial charge in [-0.25, -0.2) is 0 Å². The van der Waals surface area contributed by atoms with Crippen molar-refractivity contribution in [2.24, 2.45) is 5.92 Å². The van der Waals surface area contributed by atoms with E-state index in [1.165, 1.54) is 92.6 Å². The quantitative estimate of drug-likeness (QED) is 0.0443. The maximum absolute atomic E-state index is 14.0. The van der Waals surface area contributed by atoms with Gasteiger partial charge in [0.15, 0.2) is 20.0 Å². The average molecular weight is 629 g/mol. The lowest BCUT2D eigenvalue weighted by atomic mass is 9.84. The first-order valence-electron chi connectivity index (χ1n) is 16.3. The van der Waals surface area contributed by atoms with Crippen LogP contribution in [0.25, 0.3) is 0 Å². The minimum Gasteiger partial charge on any atom is -0.496 e. The van der Waals surface area contributed by atoms with Crippen molar-refractivity contribution in [3.63, 3.8) is 0 Å². The van der Waals surface area contributed by atoms with E-state index in [4.69, 9.17) is 18.9 Å². The Labute approximate surface area is 266 Å². The molecule has 44 heavy (non-hydrogen) atoms. The molecule has 8 heteroatoms. The fraction of sp³-hybridized carbons (Fsp3) is 0.611. The Balaban J connectivity index is 1.89. The zero-order valence-corrected chi connectivity index (χ0v) is 28.3. The van der Waals surface area contributed by atoms with Gasteiger partial charge in [-0.3, -0.25) is 14.2 Å². The number of unbranched alkanes of at least 4 members (excludes halogenated alkanes) is 14. The third-order valence-electron chi connectivity index (χ3n) is 8.22. The van der Waals surface area contributed by atoms with Gasteiger partial charge < -0.3 is 18.9 Å². The first-order chi connectivity index (χ1) is 21.5. The minimum absolute atomic E-state index is 0.278. The molecule has 0 aliphatic carbocycles. The maximum Gasteiger partial charge on any atom is 0.181 e. The van der Waals surface area contributed by atoms with Gasteiger partial charge >= 0.3 is 0 Å². The van der Waals surface area contributed by atoms with Gasteiger partial charge in [-0.2, -0.15) is 0 Å². The fourth-order valence-corrected chi connectivity index (χ4v) is 6.09. The number of ketones is 2. The van der Waals surface area contributed by atoms with Crippen LogP contribution in [0.3, 0.4) is 0 Å². The standard InChI is InChI=1S/C36H53O7P/c1-40-29-23-20-24-30(41-2)33(29)35(37)28(36(38)34-31(42-3)25-21-26-32(34)43-4)22-18-16-14-12-10-8-6-5-7-9-11-13-15-17-19-27-44-39/h20-21,23-26,28H,5-19,22,27H2,1-4H3. The lowest BCUT2D eigenvalue weighted by Gasteiger charge is -2.20. The summed E-state index contributed by atoms with van der Waals surface area (Å²) in [5, 5.41) is 0. The van der Waals surface area contributed by atoms with E-state index >= 15 is 0 Å². The number of carbonyl (C=O) groups is 2. The van der Waals surface area contributed by atoms with Crippen LogP contribution in [0.15, 0.2) is 36.4 Å². The predicted octanol–water partition coefficient (Wildman–Crippen LogP) is 9.94. The van der Waals surface area contributed by atoms with Crippen LogP contribution in [0.5, 0.6) is 23.0 Å². The number of hydrogen-bond donors (Lipinski definition) is 0. The molecule has 0 saturated heterocycles. The number of ether oxygens (including phenoxy) is 4. The van der Waals surface area contributed by atoms with Crippen LogP contribution in [0.2, 0.25) is 0 Å². The van der Waals surface area contributed by atoms with Crippen LogP contribution >= 0.6 is 8.46 Å². The summed E-state index contributed by atoms with van der Waals surface area (Å²) in [6.45, 7) is 0. The molecular formula is C36H53O7P. The van der Waals surface area contributed by atoms with E-state index < -0.39 is 5.92 Å². The third-order valence-corrected chi connectivity index (χ3v) is 8.72. The molecule has 0 unspecified atom stereocenters. The molecule has 2 aromatic rings. The Bertz CT molecular complexity index is 1020. The van der Waals surface area contributed by atoms with Gasteiger partial charge in [0.25, 0.3) is 0 Å². The average Bonchev–Trinajstić information content (AvgIpc) is 3.06. The molecule has 0 spiro atoms. The van der Waals surface area contributed by atoms with Gasteiger partial charge in [0.1, 0.15) is 34.1 Å². The van der Waals surface area contributed by atoms with Gasteiger partial charge in [-0.1, -0.05) is 102 Å². The highest BCUT2D eigenvalue weighted by Crippen LogP contribution is 2.37. The van der Waals surface area contributed by atoms with Crippen LogP contribution in [0.4, 0.5) is 0 Å². The topological polar surface area (TPSA) is 88.1 Å². The summed E-state index contributed by atoms with van der Waals surface area (Å²) in [4.78, 5) is 28.1. The second-order valence-electron chi connectivity index (χ2n) is 11.3. The van der Waals surface area contributed by atoms with Crippen molar-refractivity contribution in [2.75, 3.05) is 34.6 Å². The van der Waals surface area contributed by atoms with Crippen molar-refractivity contribution in [1.82, 2.24) is 0 Å². The minimum atomic E-state index is -0.928. The molecular weight excluding hydrogens is 575 g/mol. The maximum atomic E-state index is 14.0. The molecule has 0 saturated carbocycles. The second-order valence-corrected chi connectivity index (χ2v) is 12.0. The number of carbonyl (C=O) groups excluding carboxylic acids is 2. The number of hydrogen-bond acceptors (Lipinski definition) is 7. The number of rotatable bonds is 26. The summed E-state index contributed by atoms with van der Waals surface area (Å²) in [5.74, 6) is -0.0512. The van der Waals surface area contributed by atoms with Crippen molar-refractivity contribution in [3.8, 4) is 23.0 Å². The van der Waals surface area contributed by atoms with Crippen LogP contribution in [-0.2, 0) is 4.57 Å². The first-order valence-corrected chi connectivity index (χ1v) is 17.3. The monoisotopic (exact) mass is 628 g/mol.